The number of benzene rings is 1. The van der Waals surface area contributed by atoms with Crippen LogP contribution >= 0.6 is 0 Å². The molecule has 1 aromatic carbocycles. The van der Waals surface area contributed by atoms with E-state index < -0.39 is 11.8 Å². The molecule has 114 valence electrons. The lowest BCUT2D eigenvalue weighted by Gasteiger charge is -2.26. The average molecular weight is 292 g/mol. The molecule has 2 rings (SSSR count). The number of amides is 2. The molecule has 1 aliphatic heterocycles. The Hall–Kier alpha value is -2.24. The second-order valence-corrected chi connectivity index (χ2v) is 4.99. The summed E-state index contributed by atoms with van der Waals surface area (Å²) in [7, 11) is 0. The molecule has 1 aromatic rings. The van der Waals surface area contributed by atoms with Crippen LogP contribution in [0, 0.1) is 0 Å². The largest absolute Gasteiger partial charge is 0.486 e. The van der Waals surface area contributed by atoms with Crippen molar-refractivity contribution in [1.29, 1.82) is 0 Å². The first kappa shape index (κ1) is 15.2. The Kier molecular flexibility index (Phi) is 5.03. The van der Waals surface area contributed by atoms with Gasteiger partial charge in [0.15, 0.2) is 11.5 Å². The van der Waals surface area contributed by atoms with Gasteiger partial charge in [0.1, 0.15) is 12.7 Å². The number of para-hydroxylation sites is 2. The highest BCUT2D eigenvalue weighted by Crippen LogP contribution is 2.30. The van der Waals surface area contributed by atoms with Gasteiger partial charge in [-0.2, -0.15) is 0 Å². The Labute approximate surface area is 123 Å². The molecule has 2 atom stereocenters. The van der Waals surface area contributed by atoms with Crippen molar-refractivity contribution in [2.45, 2.75) is 32.4 Å². The van der Waals surface area contributed by atoms with E-state index in [1.807, 2.05) is 32.0 Å². The molecule has 0 saturated carbocycles. The van der Waals surface area contributed by atoms with E-state index >= 15 is 0 Å². The van der Waals surface area contributed by atoms with Gasteiger partial charge in [-0.05, 0) is 25.5 Å². The monoisotopic (exact) mass is 292 g/mol. The van der Waals surface area contributed by atoms with Gasteiger partial charge in [-0.25, -0.2) is 0 Å². The number of hydrogen-bond donors (Lipinski definition) is 2. The van der Waals surface area contributed by atoms with Crippen molar-refractivity contribution in [3.05, 3.63) is 24.3 Å². The van der Waals surface area contributed by atoms with Gasteiger partial charge >= 0.3 is 11.8 Å². The summed E-state index contributed by atoms with van der Waals surface area (Å²) >= 11 is 0. The van der Waals surface area contributed by atoms with Crippen LogP contribution in [-0.4, -0.2) is 37.1 Å². The summed E-state index contributed by atoms with van der Waals surface area (Å²) in [6, 6.07) is 7.32. The van der Waals surface area contributed by atoms with Crippen LogP contribution < -0.4 is 20.1 Å². The lowest BCUT2D eigenvalue weighted by atomic mass is 10.2. The second-order valence-electron chi connectivity index (χ2n) is 4.99. The van der Waals surface area contributed by atoms with Gasteiger partial charge in [0.25, 0.3) is 0 Å². The molecule has 1 heterocycles. The maximum atomic E-state index is 11.7. The molecule has 6 nitrogen and oxygen atoms in total. The van der Waals surface area contributed by atoms with Gasteiger partial charge in [-0.1, -0.05) is 19.1 Å². The minimum Gasteiger partial charge on any atom is -0.486 e. The van der Waals surface area contributed by atoms with E-state index in [9.17, 15) is 9.59 Å². The molecule has 21 heavy (non-hydrogen) atoms. The molecule has 2 N–H and O–H groups in total. The molecule has 0 fully saturated rings. The molecule has 0 unspecified atom stereocenters. The van der Waals surface area contributed by atoms with Gasteiger partial charge < -0.3 is 20.1 Å². The maximum absolute atomic E-state index is 11.7. The van der Waals surface area contributed by atoms with Crippen LogP contribution in [0.5, 0.6) is 11.5 Å². The Bertz CT molecular complexity index is 518. The predicted molar refractivity (Wildman–Crippen MR) is 77.3 cm³/mol. The highest BCUT2D eigenvalue weighted by Gasteiger charge is 2.22. The zero-order valence-electron chi connectivity index (χ0n) is 12.2. The quantitative estimate of drug-likeness (QED) is 0.807. The molecular weight excluding hydrogens is 272 g/mol. The van der Waals surface area contributed by atoms with Crippen LogP contribution in [0.2, 0.25) is 0 Å². The Morgan fingerprint density at radius 1 is 1.29 bits per heavy atom. The van der Waals surface area contributed by atoms with Crippen molar-refractivity contribution < 1.29 is 19.1 Å². The number of carbonyl (C=O) groups excluding carboxylic acids is 2. The lowest BCUT2D eigenvalue weighted by molar-refractivity contribution is -0.139. The SMILES string of the molecule is CC[C@H](C)NC(=O)C(=O)NC[C@@H]1COc2ccccc2O1. The van der Waals surface area contributed by atoms with Crippen molar-refractivity contribution in [1.82, 2.24) is 10.6 Å². The van der Waals surface area contributed by atoms with Gasteiger partial charge in [-0.3, -0.25) is 9.59 Å². The second kappa shape index (κ2) is 6.97. The van der Waals surface area contributed by atoms with Gasteiger partial charge in [0.05, 0.1) is 6.54 Å². The van der Waals surface area contributed by atoms with Crippen molar-refractivity contribution in [3.8, 4) is 11.5 Å². The zero-order chi connectivity index (χ0) is 15.2. The van der Waals surface area contributed by atoms with Crippen LogP contribution in [0.25, 0.3) is 0 Å². The van der Waals surface area contributed by atoms with E-state index in [2.05, 4.69) is 10.6 Å². The van der Waals surface area contributed by atoms with E-state index in [-0.39, 0.29) is 18.7 Å². The smallest absolute Gasteiger partial charge is 0.309 e. The van der Waals surface area contributed by atoms with E-state index in [4.69, 9.17) is 9.47 Å². The normalized spacial score (nSPS) is 17.7. The third-order valence-electron chi connectivity index (χ3n) is 3.25. The van der Waals surface area contributed by atoms with Crippen molar-refractivity contribution >= 4 is 11.8 Å². The molecule has 1 aliphatic rings. The number of carbonyl (C=O) groups is 2. The van der Waals surface area contributed by atoms with Crippen LogP contribution in [0.1, 0.15) is 20.3 Å². The summed E-state index contributed by atoms with van der Waals surface area (Å²) in [6.45, 7) is 4.35. The minimum atomic E-state index is -0.655. The van der Waals surface area contributed by atoms with Crippen LogP contribution in [0.4, 0.5) is 0 Å². The molecule has 0 saturated heterocycles. The van der Waals surface area contributed by atoms with Crippen molar-refractivity contribution in [3.63, 3.8) is 0 Å². The summed E-state index contributed by atoms with van der Waals surface area (Å²) in [5.74, 6) is 0.0564. The summed E-state index contributed by atoms with van der Waals surface area (Å²) in [4.78, 5) is 23.3. The maximum Gasteiger partial charge on any atom is 0.309 e. The van der Waals surface area contributed by atoms with Gasteiger partial charge in [0.2, 0.25) is 0 Å². The molecule has 0 aliphatic carbocycles. The molecule has 2 amide bonds. The van der Waals surface area contributed by atoms with Crippen molar-refractivity contribution in [2.24, 2.45) is 0 Å². The number of rotatable bonds is 4. The third-order valence-corrected chi connectivity index (χ3v) is 3.25. The predicted octanol–water partition coefficient (Wildman–Crippen LogP) is 0.857. The fourth-order valence-corrected chi connectivity index (χ4v) is 1.84. The first-order valence-electron chi connectivity index (χ1n) is 7.07. The van der Waals surface area contributed by atoms with Crippen molar-refractivity contribution in [2.75, 3.05) is 13.2 Å². The lowest BCUT2D eigenvalue weighted by Crippen LogP contribution is -2.47. The first-order chi connectivity index (χ1) is 10.1. The molecule has 6 heteroatoms. The number of ether oxygens (including phenoxy) is 2. The number of nitrogens with one attached hydrogen (secondary N) is 2. The highest BCUT2D eigenvalue weighted by molar-refractivity contribution is 6.35. The molecule has 0 radical (unpaired) electrons. The van der Waals surface area contributed by atoms with Gasteiger partial charge in [-0.15, -0.1) is 0 Å². The van der Waals surface area contributed by atoms with E-state index in [0.717, 1.165) is 6.42 Å². The summed E-state index contributed by atoms with van der Waals surface area (Å²) < 4.78 is 11.2. The number of hydrogen-bond acceptors (Lipinski definition) is 4. The Morgan fingerprint density at radius 2 is 2.00 bits per heavy atom. The summed E-state index contributed by atoms with van der Waals surface area (Å²) in [5.41, 5.74) is 0. The molecular formula is C15H20N2O4. The van der Waals surface area contributed by atoms with E-state index in [1.54, 1.807) is 6.07 Å². The standard InChI is InChI=1S/C15H20N2O4/c1-3-10(2)17-15(19)14(18)16-8-11-9-20-12-6-4-5-7-13(12)21-11/h4-7,10-11H,3,8-9H2,1-2H3,(H,16,18)(H,17,19)/t10-,11+/m0/s1. The summed E-state index contributed by atoms with van der Waals surface area (Å²) in [6.07, 6.45) is 0.468. The van der Waals surface area contributed by atoms with E-state index in [1.165, 1.54) is 0 Å². The fraction of sp³-hybridized carbons (Fsp3) is 0.467. The van der Waals surface area contributed by atoms with Crippen LogP contribution in [0.15, 0.2) is 24.3 Å². The van der Waals surface area contributed by atoms with E-state index in [0.29, 0.717) is 18.1 Å². The molecule has 0 aromatic heterocycles. The Morgan fingerprint density at radius 3 is 2.71 bits per heavy atom. The Balaban J connectivity index is 1.79. The van der Waals surface area contributed by atoms with Crippen LogP contribution in [-0.2, 0) is 9.59 Å². The summed E-state index contributed by atoms with van der Waals surface area (Å²) in [5, 5.41) is 5.17. The minimum absolute atomic E-state index is 0.0237. The van der Waals surface area contributed by atoms with Crippen LogP contribution in [0.3, 0.4) is 0 Å². The molecule has 0 bridgehead atoms. The highest BCUT2D eigenvalue weighted by atomic mass is 16.6. The number of fused-ring (bicyclic) bond motifs is 1. The fourth-order valence-electron chi connectivity index (χ4n) is 1.84. The first-order valence-corrected chi connectivity index (χ1v) is 7.07. The zero-order valence-corrected chi connectivity index (χ0v) is 12.2. The average Bonchev–Trinajstić information content (AvgIpc) is 2.52. The molecule has 0 spiro atoms. The topological polar surface area (TPSA) is 76.7 Å². The van der Waals surface area contributed by atoms with Gasteiger partial charge in [0, 0.05) is 6.04 Å². The third kappa shape index (κ3) is 4.11.